The zero-order valence-corrected chi connectivity index (χ0v) is 8.79. The largest absolute Gasteiger partial charge is 0.508 e. The van der Waals surface area contributed by atoms with Crippen LogP contribution in [0.1, 0.15) is 23.1 Å². The van der Waals surface area contributed by atoms with Crippen LogP contribution in [-0.4, -0.2) is 26.4 Å². The van der Waals surface area contributed by atoms with Gasteiger partial charge >= 0.3 is 0 Å². The lowest BCUT2D eigenvalue weighted by molar-refractivity contribution is 0.111. The monoisotopic (exact) mass is 217 g/mol. The highest BCUT2D eigenvalue weighted by Crippen LogP contribution is 2.16. The van der Waals surface area contributed by atoms with Gasteiger partial charge < -0.3 is 5.11 Å². The van der Waals surface area contributed by atoms with E-state index < -0.39 is 0 Å². The third-order valence-corrected chi connectivity index (χ3v) is 2.33. The summed E-state index contributed by atoms with van der Waals surface area (Å²) in [5.74, 6) is 0.192. The molecule has 16 heavy (non-hydrogen) atoms. The second-order valence-electron chi connectivity index (χ2n) is 3.32. The number of aromatic nitrogens is 3. The van der Waals surface area contributed by atoms with Crippen LogP contribution in [0.15, 0.2) is 24.3 Å². The molecule has 0 saturated heterocycles. The Balaban J connectivity index is 2.51. The zero-order chi connectivity index (χ0) is 11.5. The molecular weight excluding hydrogens is 206 g/mol. The molecule has 2 rings (SSSR count). The fraction of sp³-hybridized carbons (Fsp3) is 0.182. The van der Waals surface area contributed by atoms with Crippen LogP contribution in [0.3, 0.4) is 0 Å². The van der Waals surface area contributed by atoms with Gasteiger partial charge in [-0.25, -0.2) is 4.68 Å². The fourth-order valence-electron chi connectivity index (χ4n) is 1.54. The molecule has 1 aromatic carbocycles. The normalized spacial score (nSPS) is 10.3. The third-order valence-electron chi connectivity index (χ3n) is 2.33. The Hall–Kier alpha value is -2.17. The molecule has 5 heteroatoms. The Kier molecular flexibility index (Phi) is 2.68. The molecule has 0 aliphatic carbocycles. The molecule has 0 bridgehead atoms. The summed E-state index contributed by atoms with van der Waals surface area (Å²) >= 11 is 0. The van der Waals surface area contributed by atoms with Crippen LogP contribution < -0.4 is 0 Å². The summed E-state index contributed by atoms with van der Waals surface area (Å²) in [6, 6.07) is 6.57. The second-order valence-corrected chi connectivity index (χ2v) is 3.32. The van der Waals surface area contributed by atoms with Crippen molar-refractivity contribution in [1.29, 1.82) is 0 Å². The zero-order valence-electron chi connectivity index (χ0n) is 8.79. The number of nitrogens with zero attached hydrogens (tertiary/aromatic N) is 3. The van der Waals surface area contributed by atoms with Crippen molar-refractivity contribution in [2.24, 2.45) is 0 Å². The highest BCUT2D eigenvalue weighted by atomic mass is 16.3. The molecule has 0 saturated carbocycles. The highest BCUT2D eigenvalue weighted by Gasteiger charge is 2.11. The molecular formula is C11H11N3O2. The highest BCUT2D eigenvalue weighted by molar-refractivity contribution is 5.73. The molecule has 0 fully saturated rings. The van der Waals surface area contributed by atoms with Crippen molar-refractivity contribution >= 4 is 6.29 Å². The van der Waals surface area contributed by atoms with Crippen molar-refractivity contribution in [1.82, 2.24) is 15.0 Å². The molecule has 1 aromatic heterocycles. The standard InChI is InChI=1S/C11H11N3O2/c1-2-11-10(7-15)12-13-14(11)8-3-5-9(16)6-4-8/h3-7,16H,2H2,1H3. The smallest absolute Gasteiger partial charge is 0.172 e. The van der Waals surface area contributed by atoms with Gasteiger partial charge in [-0.3, -0.25) is 4.79 Å². The first-order chi connectivity index (χ1) is 7.76. The predicted molar refractivity (Wildman–Crippen MR) is 57.8 cm³/mol. The first-order valence-electron chi connectivity index (χ1n) is 4.95. The van der Waals surface area contributed by atoms with E-state index in [1.165, 1.54) is 0 Å². The second kappa shape index (κ2) is 4.14. The van der Waals surface area contributed by atoms with Gasteiger partial charge in [-0.15, -0.1) is 5.10 Å². The van der Waals surface area contributed by atoms with Gasteiger partial charge in [0.1, 0.15) is 11.4 Å². The molecule has 0 radical (unpaired) electrons. The number of carbonyl (C=O) groups excluding carboxylic acids is 1. The summed E-state index contributed by atoms with van der Waals surface area (Å²) < 4.78 is 1.60. The number of hydrogen-bond donors (Lipinski definition) is 1. The minimum absolute atomic E-state index is 0.192. The maximum Gasteiger partial charge on any atom is 0.172 e. The van der Waals surface area contributed by atoms with E-state index >= 15 is 0 Å². The SMILES string of the molecule is CCc1c(C=O)nnn1-c1ccc(O)cc1. The van der Waals surface area contributed by atoms with E-state index in [4.69, 9.17) is 0 Å². The van der Waals surface area contributed by atoms with Crippen molar-refractivity contribution < 1.29 is 9.90 Å². The molecule has 0 amide bonds. The van der Waals surface area contributed by atoms with E-state index in [9.17, 15) is 9.90 Å². The number of rotatable bonds is 3. The number of carbonyl (C=O) groups is 1. The Bertz CT molecular complexity index is 502. The lowest BCUT2D eigenvalue weighted by Crippen LogP contribution is -2.02. The van der Waals surface area contributed by atoms with E-state index in [1.807, 2.05) is 6.92 Å². The van der Waals surface area contributed by atoms with Crippen LogP contribution in [0.5, 0.6) is 5.75 Å². The predicted octanol–water partition coefficient (Wildman–Crippen LogP) is 1.35. The molecule has 5 nitrogen and oxygen atoms in total. The summed E-state index contributed by atoms with van der Waals surface area (Å²) in [6.07, 6.45) is 1.37. The number of phenolic OH excluding ortho intramolecular Hbond substituents is 1. The quantitative estimate of drug-likeness (QED) is 0.788. The van der Waals surface area contributed by atoms with Crippen LogP contribution in [0.25, 0.3) is 5.69 Å². The summed E-state index contributed by atoms with van der Waals surface area (Å²) in [4.78, 5) is 10.7. The Morgan fingerprint density at radius 2 is 2.06 bits per heavy atom. The van der Waals surface area contributed by atoms with E-state index in [-0.39, 0.29) is 5.75 Å². The van der Waals surface area contributed by atoms with Gasteiger partial charge in [0, 0.05) is 0 Å². The molecule has 0 unspecified atom stereocenters. The topological polar surface area (TPSA) is 68.0 Å². The molecule has 2 aromatic rings. The van der Waals surface area contributed by atoms with Crippen molar-refractivity contribution in [3.05, 3.63) is 35.7 Å². The lowest BCUT2D eigenvalue weighted by atomic mass is 10.2. The van der Waals surface area contributed by atoms with E-state index in [1.54, 1.807) is 28.9 Å². The Labute approximate surface area is 92.3 Å². The van der Waals surface area contributed by atoms with Gasteiger partial charge in [-0.1, -0.05) is 12.1 Å². The van der Waals surface area contributed by atoms with Crippen LogP contribution in [0.2, 0.25) is 0 Å². The number of aldehydes is 1. The van der Waals surface area contributed by atoms with Crippen molar-refractivity contribution in [3.8, 4) is 11.4 Å². The third kappa shape index (κ3) is 1.67. The molecule has 0 aliphatic heterocycles. The average molecular weight is 217 g/mol. The summed E-state index contributed by atoms with van der Waals surface area (Å²) in [6.45, 7) is 1.93. The molecule has 0 atom stereocenters. The van der Waals surface area contributed by atoms with Crippen LogP contribution in [0, 0.1) is 0 Å². The number of benzene rings is 1. The first kappa shape index (κ1) is 10.4. The van der Waals surface area contributed by atoms with Gasteiger partial charge in [0.15, 0.2) is 6.29 Å². The maximum atomic E-state index is 10.7. The maximum absolute atomic E-state index is 10.7. The van der Waals surface area contributed by atoms with Gasteiger partial charge in [-0.2, -0.15) is 0 Å². The van der Waals surface area contributed by atoms with Crippen LogP contribution in [-0.2, 0) is 6.42 Å². The minimum Gasteiger partial charge on any atom is -0.508 e. The van der Waals surface area contributed by atoms with E-state index in [0.717, 1.165) is 11.4 Å². The Morgan fingerprint density at radius 1 is 1.38 bits per heavy atom. The molecule has 0 spiro atoms. The molecule has 82 valence electrons. The van der Waals surface area contributed by atoms with E-state index in [2.05, 4.69) is 10.3 Å². The number of aromatic hydroxyl groups is 1. The minimum atomic E-state index is 0.192. The molecule has 0 aliphatic rings. The number of hydrogen-bond acceptors (Lipinski definition) is 4. The Morgan fingerprint density at radius 3 is 2.62 bits per heavy atom. The lowest BCUT2D eigenvalue weighted by Gasteiger charge is -2.04. The van der Waals surface area contributed by atoms with Crippen LogP contribution >= 0.6 is 0 Å². The first-order valence-corrected chi connectivity index (χ1v) is 4.95. The van der Waals surface area contributed by atoms with Gasteiger partial charge in [0.05, 0.1) is 11.4 Å². The van der Waals surface area contributed by atoms with Crippen molar-refractivity contribution in [3.63, 3.8) is 0 Å². The number of phenols is 1. The van der Waals surface area contributed by atoms with Gasteiger partial charge in [0.25, 0.3) is 0 Å². The average Bonchev–Trinajstić information content (AvgIpc) is 2.72. The van der Waals surface area contributed by atoms with Gasteiger partial charge in [0.2, 0.25) is 0 Å². The fourth-order valence-corrected chi connectivity index (χ4v) is 1.54. The summed E-state index contributed by atoms with van der Waals surface area (Å²) in [7, 11) is 0. The molecule has 1 heterocycles. The van der Waals surface area contributed by atoms with Crippen molar-refractivity contribution in [2.75, 3.05) is 0 Å². The summed E-state index contributed by atoms with van der Waals surface area (Å²) in [5, 5.41) is 16.9. The van der Waals surface area contributed by atoms with Gasteiger partial charge in [-0.05, 0) is 30.7 Å². The molecule has 1 N–H and O–H groups in total. The van der Waals surface area contributed by atoms with Crippen LogP contribution in [0.4, 0.5) is 0 Å². The van der Waals surface area contributed by atoms with E-state index in [0.29, 0.717) is 18.4 Å². The summed E-state index contributed by atoms with van der Waals surface area (Å²) in [5.41, 5.74) is 1.89. The van der Waals surface area contributed by atoms with Crippen molar-refractivity contribution in [2.45, 2.75) is 13.3 Å².